The average Bonchev–Trinajstić information content (AvgIpc) is 3.29. The number of hydrogen-bond acceptors (Lipinski definition) is 5. The van der Waals surface area contributed by atoms with Crippen LogP contribution in [0.2, 0.25) is 0 Å². The Hall–Kier alpha value is -3.74. The lowest BCUT2D eigenvalue weighted by Crippen LogP contribution is -2.49. The van der Waals surface area contributed by atoms with Crippen molar-refractivity contribution < 1.29 is 23.5 Å². The standard InChI is InChI=1S/C28H32N2O5/c1-6-34-22-9-7-21(8-10-22)25-17-35-28-19(3)27(33-5)23(16-24(25)28)18(2)15-26(32)30-13-11-29(12-14-30)20(4)31/h7-10,15-17H,6,11-14H2,1-5H3/b18-15+. The van der Waals surface area contributed by atoms with E-state index in [0.717, 1.165) is 44.5 Å². The molecule has 0 atom stereocenters. The highest BCUT2D eigenvalue weighted by atomic mass is 16.5. The maximum absolute atomic E-state index is 13.0. The van der Waals surface area contributed by atoms with Gasteiger partial charge in [0.25, 0.3) is 0 Å². The van der Waals surface area contributed by atoms with Crippen LogP contribution in [0.4, 0.5) is 0 Å². The van der Waals surface area contributed by atoms with Crippen molar-refractivity contribution >= 4 is 28.4 Å². The van der Waals surface area contributed by atoms with Gasteiger partial charge in [-0.25, -0.2) is 0 Å². The van der Waals surface area contributed by atoms with Crippen LogP contribution >= 0.6 is 0 Å². The third-order valence-electron chi connectivity index (χ3n) is 6.53. The first-order valence-electron chi connectivity index (χ1n) is 11.9. The number of aryl methyl sites for hydroxylation is 1. The topological polar surface area (TPSA) is 72.2 Å². The first kappa shape index (κ1) is 24.4. The molecule has 0 aliphatic carbocycles. The summed E-state index contributed by atoms with van der Waals surface area (Å²) in [5.41, 5.74) is 5.28. The zero-order chi connectivity index (χ0) is 25.1. The van der Waals surface area contributed by atoms with Gasteiger partial charge in [0.1, 0.15) is 17.1 Å². The number of hydrogen-bond donors (Lipinski definition) is 0. The lowest BCUT2D eigenvalue weighted by atomic mass is 9.96. The molecule has 2 heterocycles. The number of nitrogens with zero attached hydrogens (tertiary/aromatic N) is 2. The summed E-state index contributed by atoms with van der Waals surface area (Å²) in [6, 6.07) is 9.96. The van der Waals surface area contributed by atoms with Crippen LogP contribution in [-0.4, -0.2) is 61.5 Å². The van der Waals surface area contributed by atoms with Crippen LogP contribution in [0.25, 0.3) is 27.7 Å². The Bertz CT molecular complexity index is 1260. The van der Waals surface area contributed by atoms with Crippen molar-refractivity contribution in [1.82, 2.24) is 9.80 Å². The molecule has 0 saturated carbocycles. The molecule has 1 aromatic heterocycles. The molecule has 3 aromatic rings. The SMILES string of the molecule is CCOc1ccc(-c2coc3c(C)c(OC)c(/C(C)=C/C(=O)N4CCN(C(C)=O)CC4)cc23)cc1. The molecule has 1 saturated heterocycles. The van der Waals surface area contributed by atoms with Gasteiger partial charge in [-0.2, -0.15) is 0 Å². The molecule has 0 N–H and O–H groups in total. The van der Waals surface area contributed by atoms with Gasteiger partial charge in [-0.3, -0.25) is 9.59 Å². The van der Waals surface area contributed by atoms with Crippen LogP contribution in [0.1, 0.15) is 31.9 Å². The third kappa shape index (κ3) is 4.90. The van der Waals surface area contributed by atoms with Crippen LogP contribution < -0.4 is 9.47 Å². The molecule has 2 amide bonds. The molecule has 7 nitrogen and oxygen atoms in total. The molecule has 35 heavy (non-hydrogen) atoms. The lowest BCUT2D eigenvalue weighted by molar-refractivity contribution is -0.135. The minimum atomic E-state index is -0.0653. The van der Waals surface area contributed by atoms with Gasteiger partial charge in [-0.15, -0.1) is 0 Å². The van der Waals surface area contributed by atoms with Crippen LogP contribution in [0.15, 0.2) is 47.1 Å². The molecule has 0 unspecified atom stereocenters. The van der Waals surface area contributed by atoms with E-state index in [1.807, 2.05) is 51.1 Å². The molecule has 4 rings (SSSR count). The molecule has 0 bridgehead atoms. The second-order valence-electron chi connectivity index (χ2n) is 8.72. The normalized spacial score (nSPS) is 14.4. The summed E-state index contributed by atoms with van der Waals surface area (Å²) in [5.74, 6) is 1.49. The maximum Gasteiger partial charge on any atom is 0.246 e. The number of amides is 2. The number of furan rings is 1. The van der Waals surface area contributed by atoms with Gasteiger partial charge < -0.3 is 23.7 Å². The first-order chi connectivity index (χ1) is 16.8. The van der Waals surface area contributed by atoms with Gasteiger partial charge in [0.05, 0.1) is 20.0 Å². The number of benzene rings is 2. The largest absolute Gasteiger partial charge is 0.496 e. The summed E-state index contributed by atoms with van der Waals surface area (Å²) in [4.78, 5) is 28.1. The summed E-state index contributed by atoms with van der Waals surface area (Å²) >= 11 is 0. The first-order valence-corrected chi connectivity index (χ1v) is 11.9. The number of ether oxygens (including phenoxy) is 2. The second-order valence-corrected chi connectivity index (χ2v) is 8.72. The van der Waals surface area contributed by atoms with Gasteiger partial charge in [0.15, 0.2) is 0 Å². The van der Waals surface area contributed by atoms with E-state index in [2.05, 4.69) is 0 Å². The number of methoxy groups -OCH3 is 1. The van der Waals surface area contributed by atoms with Crippen molar-refractivity contribution in [1.29, 1.82) is 0 Å². The number of allylic oxidation sites excluding steroid dienone is 1. The van der Waals surface area contributed by atoms with E-state index in [9.17, 15) is 9.59 Å². The zero-order valence-corrected chi connectivity index (χ0v) is 21.0. The summed E-state index contributed by atoms with van der Waals surface area (Å²) in [7, 11) is 1.63. The number of rotatable bonds is 6. The van der Waals surface area contributed by atoms with E-state index in [0.29, 0.717) is 38.5 Å². The fourth-order valence-electron chi connectivity index (χ4n) is 4.59. The van der Waals surface area contributed by atoms with Gasteiger partial charge in [-0.1, -0.05) is 12.1 Å². The highest BCUT2D eigenvalue weighted by Gasteiger charge is 2.23. The fraction of sp³-hybridized carbons (Fsp3) is 0.357. The Balaban J connectivity index is 1.68. The molecule has 0 radical (unpaired) electrons. The number of fused-ring (bicyclic) bond motifs is 1. The van der Waals surface area contributed by atoms with Gasteiger partial charge >= 0.3 is 0 Å². The van der Waals surface area contributed by atoms with Crippen molar-refractivity contribution in [3.05, 3.63) is 53.8 Å². The molecular formula is C28H32N2O5. The quantitative estimate of drug-likeness (QED) is 0.473. The van der Waals surface area contributed by atoms with Crippen LogP contribution in [-0.2, 0) is 9.59 Å². The fourth-order valence-corrected chi connectivity index (χ4v) is 4.59. The molecule has 1 aliphatic heterocycles. The predicted molar refractivity (Wildman–Crippen MR) is 137 cm³/mol. The Morgan fingerprint density at radius 3 is 2.31 bits per heavy atom. The highest BCUT2D eigenvalue weighted by Crippen LogP contribution is 2.40. The van der Waals surface area contributed by atoms with E-state index in [-0.39, 0.29) is 11.8 Å². The van der Waals surface area contributed by atoms with Gasteiger partial charge in [0, 0.05) is 61.3 Å². The van der Waals surface area contributed by atoms with Crippen molar-refractivity contribution in [3.63, 3.8) is 0 Å². The van der Waals surface area contributed by atoms with Crippen molar-refractivity contribution in [2.45, 2.75) is 27.7 Å². The summed E-state index contributed by atoms with van der Waals surface area (Å²) in [6.45, 7) is 10.2. The molecule has 0 spiro atoms. The minimum Gasteiger partial charge on any atom is -0.496 e. The smallest absolute Gasteiger partial charge is 0.246 e. The van der Waals surface area contributed by atoms with Crippen LogP contribution in [0.5, 0.6) is 11.5 Å². The predicted octanol–water partition coefficient (Wildman–Crippen LogP) is 4.91. The van der Waals surface area contributed by atoms with E-state index in [1.54, 1.807) is 36.2 Å². The zero-order valence-electron chi connectivity index (χ0n) is 21.0. The van der Waals surface area contributed by atoms with Crippen molar-refractivity contribution in [3.8, 4) is 22.6 Å². The molecular weight excluding hydrogens is 444 g/mol. The van der Waals surface area contributed by atoms with Crippen LogP contribution in [0, 0.1) is 6.92 Å². The average molecular weight is 477 g/mol. The second kappa shape index (κ2) is 10.3. The molecule has 1 aliphatic rings. The third-order valence-corrected chi connectivity index (χ3v) is 6.53. The molecule has 1 fully saturated rings. The molecule has 184 valence electrons. The Labute approximate surface area is 205 Å². The van der Waals surface area contributed by atoms with Crippen molar-refractivity contribution in [2.75, 3.05) is 39.9 Å². The van der Waals surface area contributed by atoms with Gasteiger partial charge in [-0.05, 0) is 50.1 Å². The number of carbonyl (C=O) groups excluding carboxylic acids is 2. The van der Waals surface area contributed by atoms with Gasteiger partial charge in [0.2, 0.25) is 11.8 Å². The highest BCUT2D eigenvalue weighted by molar-refractivity contribution is 6.01. The Kier molecular flexibility index (Phi) is 7.15. The maximum atomic E-state index is 13.0. The Morgan fingerprint density at radius 2 is 1.71 bits per heavy atom. The van der Waals surface area contributed by atoms with Crippen LogP contribution in [0.3, 0.4) is 0 Å². The number of piperazine rings is 1. The number of carbonyl (C=O) groups is 2. The molecule has 2 aromatic carbocycles. The summed E-state index contributed by atoms with van der Waals surface area (Å²) in [5, 5.41) is 0.956. The van der Waals surface area contributed by atoms with Crippen molar-refractivity contribution in [2.24, 2.45) is 0 Å². The van der Waals surface area contributed by atoms with E-state index < -0.39 is 0 Å². The minimum absolute atomic E-state index is 0.0424. The lowest BCUT2D eigenvalue weighted by Gasteiger charge is -2.33. The summed E-state index contributed by atoms with van der Waals surface area (Å²) in [6.07, 6.45) is 3.42. The Morgan fingerprint density at radius 1 is 1.06 bits per heavy atom. The molecule has 7 heteroatoms. The van der Waals surface area contributed by atoms with E-state index >= 15 is 0 Å². The van der Waals surface area contributed by atoms with E-state index in [4.69, 9.17) is 13.9 Å². The summed E-state index contributed by atoms with van der Waals surface area (Å²) < 4.78 is 17.3. The van der Waals surface area contributed by atoms with E-state index in [1.165, 1.54) is 0 Å². The monoisotopic (exact) mass is 476 g/mol.